The van der Waals surface area contributed by atoms with Crippen LogP contribution in [0.3, 0.4) is 0 Å². The summed E-state index contributed by atoms with van der Waals surface area (Å²) in [6, 6.07) is 14.8. The van der Waals surface area contributed by atoms with Gasteiger partial charge in [-0.15, -0.1) is 0 Å². The van der Waals surface area contributed by atoms with E-state index < -0.39 is 5.54 Å². The Bertz CT molecular complexity index is 790. The maximum atomic E-state index is 12.9. The van der Waals surface area contributed by atoms with E-state index in [-0.39, 0.29) is 18.5 Å². The number of hydrogen-bond acceptors (Lipinski definition) is 2. The van der Waals surface area contributed by atoms with E-state index in [9.17, 15) is 9.59 Å². The molecule has 1 aliphatic rings. The van der Waals surface area contributed by atoms with Crippen molar-refractivity contribution in [2.75, 3.05) is 0 Å². The normalized spacial score (nSPS) is 20.7. The second-order valence-electron chi connectivity index (χ2n) is 5.88. The Hall–Kier alpha value is -2.14. The van der Waals surface area contributed by atoms with Crippen LogP contribution < -0.4 is 5.32 Å². The van der Waals surface area contributed by atoms with Crippen LogP contribution >= 0.6 is 15.9 Å². The van der Waals surface area contributed by atoms with Crippen LogP contribution in [0.5, 0.6) is 0 Å². The van der Waals surface area contributed by atoms with Crippen LogP contribution in [0.2, 0.25) is 0 Å². The lowest BCUT2D eigenvalue weighted by molar-refractivity contribution is -0.131. The van der Waals surface area contributed by atoms with Gasteiger partial charge in [0.15, 0.2) is 0 Å². The first-order chi connectivity index (χ1) is 10.9. The number of hydrogen-bond donors (Lipinski definition) is 1. The molecule has 4 nitrogen and oxygen atoms in total. The summed E-state index contributed by atoms with van der Waals surface area (Å²) in [5.41, 5.74) is 1.75. The highest BCUT2D eigenvalue weighted by Crippen LogP contribution is 2.31. The van der Waals surface area contributed by atoms with Crippen LogP contribution in [-0.4, -0.2) is 16.8 Å². The number of nitrogens with one attached hydrogen (secondary N) is 1. The van der Waals surface area contributed by atoms with Gasteiger partial charge in [-0.3, -0.25) is 9.69 Å². The molecule has 0 aromatic heterocycles. The molecule has 0 aliphatic carbocycles. The van der Waals surface area contributed by atoms with Crippen LogP contribution in [0.25, 0.3) is 0 Å². The topological polar surface area (TPSA) is 49.4 Å². The van der Waals surface area contributed by atoms with Gasteiger partial charge in [-0.2, -0.15) is 0 Å². The third-order valence-electron chi connectivity index (χ3n) is 4.27. The molecule has 1 heterocycles. The zero-order valence-electron chi connectivity index (χ0n) is 13.0. The number of urea groups is 1. The van der Waals surface area contributed by atoms with Crippen molar-refractivity contribution in [3.63, 3.8) is 0 Å². The number of aryl methyl sites for hydroxylation is 1. The van der Waals surface area contributed by atoms with E-state index in [0.29, 0.717) is 0 Å². The second kappa shape index (κ2) is 5.81. The number of nitrogens with zero attached hydrogens (tertiary/aromatic N) is 1. The molecule has 0 unspecified atom stereocenters. The number of halogens is 1. The lowest BCUT2D eigenvalue weighted by Crippen LogP contribution is -2.40. The van der Waals surface area contributed by atoms with E-state index in [4.69, 9.17) is 0 Å². The largest absolute Gasteiger partial charge is 0.325 e. The van der Waals surface area contributed by atoms with Crippen molar-refractivity contribution in [3.05, 3.63) is 69.7 Å². The van der Waals surface area contributed by atoms with Crippen molar-refractivity contribution in [1.29, 1.82) is 0 Å². The first kappa shape index (κ1) is 15.7. The maximum absolute atomic E-state index is 12.9. The Morgan fingerprint density at radius 3 is 2.57 bits per heavy atom. The fourth-order valence-corrected chi connectivity index (χ4v) is 3.19. The molecule has 0 bridgehead atoms. The van der Waals surface area contributed by atoms with E-state index in [0.717, 1.165) is 21.2 Å². The average Bonchev–Trinajstić information content (AvgIpc) is 2.74. The lowest BCUT2D eigenvalue weighted by atomic mass is 9.92. The highest BCUT2D eigenvalue weighted by atomic mass is 79.9. The average molecular weight is 373 g/mol. The molecule has 2 aromatic carbocycles. The minimum absolute atomic E-state index is 0.233. The Kier molecular flexibility index (Phi) is 3.98. The summed E-state index contributed by atoms with van der Waals surface area (Å²) in [5, 5.41) is 2.83. The molecular weight excluding hydrogens is 356 g/mol. The Morgan fingerprint density at radius 2 is 1.87 bits per heavy atom. The van der Waals surface area contributed by atoms with Crippen molar-refractivity contribution in [2.24, 2.45) is 0 Å². The Morgan fingerprint density at radius 1 is 1.13 bits per heavy atom. The van der Waals surface area contributed by atoms with E-state index in [1.807, 2.05) is 55.5 Å². The summed E-state index contributed by atoms with van der Waals surface area (Å²) in [5.74, 6) is -0.233. The molecule has 0 spiro atoms. The summed E-state index contributed by atoms with van der Waals surface area (Å²) in [7, 11) is 0. The molecule has 2 aromatic rings. The third-order valence-corrected chi connectivity index (χ3v) is 4.76. The summed E-state index contributed by atoms with van der Waals surface area (Å²) in [6.07, 6.45) is 0. The van der Waals surface area contributed by atoms with Gasteiger partial charge < -0.3 is 5.32 Å². The van der Waals surface area contributed by atoms with Gasteiger partial charge in [-0.1, -0.05) is 52.3 Å². The first-order valence-corrected chi connectivity index (χ1v) is 8.16. The summed E-state index contributed by atoms with van der Waals surface area (Å²) < 4.78 is 0.871. The standard InChI is InChI=1S/C18H17BrN2O2/c1-12-6-3-4-7-13(12)11-21-16(22)18(2,20-17(21)23)14-8-5-9-15(19)10-14/h3-10H,11H2,1-2H3,(H,20,23)/t18-/m0/s1. The van der Waals surface area contributed by atoms with Crippen LogP contribution in [-0.2, 0) is 16.9 Å². The molecule has 1 aliphatic heterocycles. The minimum atomic E-state index is -1.04. The molecule has 1 saturated heterocycles. The number of amides is 3. The van der Waals surface area contributed by atoms with Gasteiger partial charge in [0.1, 0.15) is 5.54 Å². The highest BCUT2D eigenvalue weighted by Gasteiger charge is 2.48. The first-order valence-electron chi connectivity index (χ1n) is 7.36. The predicted octanol–water partition coefficient (Wildman–Crippen LogP) is 3.72. The summed E-state index contributed by atoms with van der Waals surface area (Å²) in [6.45, 7) is 4.00. The molecule has 1 atom stereocenters. The molecule has 1 N–H and O–H groups in total. The van der Waals surface area contributed by atoms with Gasteiger partial charge >= 0.3 is 6.03 Å². The Labute approximate surface area is 143 Å². The smallest absolute Gasteiger partial charge is 0.319 e. The lowest BCUT2D eigenvalue weighted by Gasteiger charge is -2.22. The monoisotopic (exact) mass is 372 g/mol. The molecule has 1 fully saturated rings. The number of rotatable bonds is 3. The molecule has 0 saturated carbocycles. The van der Waals surface area contributed by atoms with Crippen LogP contribution in [0, 0.1) is 6.92 Å². The minimum Gasteiger partial charge on any atom is -0.319 e. The summed E-state index contributed by atoms with van der Waals surface area (Å²) in [4.78, 5) is 26.5. The molecule has 3 amide bonds. The van der Waals surface area contributed by atoms with Crippen LogP contribution in [0.1, 0.15) is 23.6 Å². The summed E-state index contributed by atoms with van der Waals surface area (Å²) >= 11 is 3.41. The van der Waals surface area contributed by atoms with Gasteiger partial charge in [-0.25, -0.2) is 4.79 Å². The number of carbonyl (C=O) groups is 2. The molecule has 23 heavy (non-hydrogen) atoms. The van der Waals surface area contributed by atoms with E-state index in [1.165, 1.54) is 4.90 Å². The SMILES string of the molecule is Cc1ccccc1CN1C(=O)N[C@@](C)(c2cccc(Br)c2)C1=O. The van der Waals surface area contributed by atoms with Gasteiger partial charge in [0.2, 0.25) is 0 Å². The third kappa shape index (κ3) is 2.77. The van der Waals surface area contributed by atoms with E-state index in [1.54, 1.807) is 6.92 Å². The van der Waals surface area contributed by atoms with Gasteiger partial charge in [0, 0.05) is 4.47 Å². The molecular formula is C18H17BrN2O2. The van der Waals surface area contributed by atoms with Gasteiger partial charge in [0.25, 0.3) is 5.91 Å². The molecule has 118 valence electrons. The van der Waals surface area contributed by atoms with Crippen molar-refractivity contribution in [3.8, 4) is 0 Å². The Balaban J connectivity index is 1.92. The number of imide groups is 1. The van der Waals surface area contributed by atoms with Crippen LogP contribution in [0.15, 0.2) is 53.0 Å². The zero-order valence-corrected chi connectivity index (χ0v) is 14.6. The van der Waals surface area contributed by atoms with Gasteiger partial charge in [0.05, 0.1) is 6.54 Å². The van der Waals surface area contributed by atoms with Crippen molar-refractivity contribution in [1.82, 2.24) is 10.2 Å². The van der Waals surface area contributed by atoms with E-state index in [2.05, 4.69) is 21.2 Å². The fraction of sp³-hybridized carbons (Fsp3) is 0.222. The maximum Gasteiger partial charge on any atom is 0.325 e. The molecule has 3 rings (SSSR count). The van der Waals surface area contributed by atoms with Gasteiger partial charge in [-0.05, 0) is 42.7 Å². The van der Waals surface area contributed by atoms with Crippen molar-refractivity contribution < 1.29 is 9.59 Å². The predicted molar refractivity (Wildman–Crippen MR) is 91.8 cm³/mol. The molecule has 5 heteroatoms. The van der Waals surface area contributed by atoms with E-state index >= 15 is 0 Å². The zero-order chi connectivity index (χ0) is 16.6. The fourth-order valence-electron chi connectivity index (χ4n) is 2.79. The van der Waals surface area contributed by atoms with Crippen molar-refractivity contribution in [2.45, 2.75) is 25.9 Å². The number of benzene rings is 2. The molecule has 0 radical (unpaired) electrons. The van der Waals surface area contributed by atoms with Crippen molar-refractivity contribution >= 4 is 27.9 Å². The highest BCUT2D eigenvalue weighted by molar-refractivity contribution is 9.10. The second-order valence-corrected chi connectivity index (χ2v) is 6.80. The van der Waals surface area contributed by atoms with Crippen LogP contribution in [0.4, 0.5) is 4.79 Å². The number of carbonyl (C=O) groups excluding carboxylic acids is 2. The quantitative estimate of drug-likeness (QED) is 0.834.